The minimum Gasteiger partial charge on any atom is -0.382 e. The molecule has 1 aromatic rings. The first-order chi connectivity index (χ1) is 10.6. The van der Waals surface area contributed by atoms with Crippen LogP contribution in [-0.4, -0.2) is 30.4 Å². The summed E-state index contributed by atoms with van der Waals surface area (Å²) in [6, 6.07) is 3.01. The van der Waals surface area contributed by atoms with Crippen LogP contribution in [0.1, 0.15) is 32.6 Å². The standard InChI is InChI=1S/C16H25N3O3/c1-3-22-11-9-16(7-5-8-16)12-17-15(21)18-13-6-4-10-19(2)14(13)20/h4,6,10H,3,5,7-9,11-12H2,1-2H3,(H2,17,18,21). The zero-order valence-corrected chi connectivity index (χ0v) is 13.4. The molecule has 1 aromatic heterocycles. The van der Waals surface area contributed by atoms with Crippen LogP contribution in [0.2, 0.25) is 0 Å². The summed E-state index contributed by atoms with van der Waals surface area (Å²) in [7, 11) is 1.66. The number of carbonyl (C=O) groups is 1. The van der Waals surface area contributed by atoms with Crippen molar-refractivity contribution in [3.8, 4) is 0 Å². The maximum absolute atomic E-state index is 12.0. The van der Waals surface area contributed by atoms with Gasteiger partial charge < -0.3 is 19.9 Å². The van der Waals surface area contributed by atoms with Crippen LogP contribution < -0.4 is 16.2 Å². The van der Waals surface area contributed by atoms with Gasteiger partial charge in [0.2, 0.25) is 0 Å². The monoisotopic (exact) mass is 307 g/mol. The summed E-state index contributed by atoms with van der Waals surface area (Å²) >= 11 is 0. The fourth-order valence-corrected chi connectivity index (χ4v) is 2.75. The molecular weight excluding hydrogens is 282 g/mol. The van der Waals surface area contributed by atoms with E-state index in [2.05, 4.69) is 10.6 Å². The molecule has 2 amide bonds. The highest BCUT2D eigenvalue weighted by atomic mass is 16.5. The average molecular weight is 307 g/mol. The fourth-order valence-electron chi connectivity index (χ4n) is 2.75. The van der Waals surface area contributed by atoms with Crippen LogP contribution in [0.3, 0.4) is 0 Å². The molecule has 122 valence electrons. The fraction of sp³-hybridized carbons (Fsp3) is 0.625. The lowest BCUT2D eigenvalue weighted by atomic mass is 9.67. The number of pyridine rings is 1. The number of nitrogens with zero attached hydrogens (tertiary/aromatic N) is 1. The number of rotatable bonds is 7. The molecular formula is C16H25N3O3. The molecule has 1 heterocycles. The third kappa shape index (κ3) is 4.10. The minimum atomic E-state index is -0.328. The first-order valence-corrected chi connectivity index (χ1v) is 7.84. The van der Waals surface area contributed by atoms with Crippen molar-refractivity contribution < 1.29 is 9.53 Å². The second kappa shape index (κ2) is 7.45. The molecule has 1 aliphatic carbocycles. The molecule has 0 atom stereocenters. The van der Waals surface area contributed by atoms with Crippen molar-refractivity contribution in [2.75, 3.05) is 25.1 Å². The Bertz CT molecular complexity index is 564. The molecule has 6 heteroatoms. The van der Waals surface area contributed by atoms with Gasteiger partial charge in [-0.05, 0) is 43.7 Å². The lowest BCUT2D eigenvalue weighted by Gasteiger charge is -2.42. The molecule has 2 rings (SSSR count). The van der Waals surface area contributed by atoms with E-state index >= 15 is 0 Å². The van der Waals surface area contributed by atoms with Crippen molar-refractivity contribution >= 4 is 11.7 Å². The molecule has 0 radical (unpaired) electrons. The van der Waals surface area contributed by atoms with Crippen LogP contribution >= 0.6 is 0 Å². The number of urea groups is 1. The van der Waals surface area contributed by atoms with Crippen molar-refractivity contribution in [2.45, 2.75) is 32.6 Å². The lowest BCUT2D eigenvalue weighted by molar-refractivity contribution is 0.0561. The zero-order valence-electron chi connectivity index (χ0n) is 13.4. The summed E-state index contributed by atoms with van der Waals surface area (Å²) in [5.41, 5.74) is 0.237. The molecule has 0 aromatic carbocycles. The summed E-state index contributed by atoms with van der Waals surface area (Å²) in [5, 5.41) is 5.52. The van der Waals surface area contributed by atoms with Gasteiger partial charge in [-0.1, -0.05) is 6.42 Å². The van der Waals surface area contributed by atoms with E-state index in [1.807, 2.05) is 6.92 Å². The number of carbonyl (C=O) groups excluding carboxylic acids is 1. The summed E-state index contributed by atoms with van der Waals surface area (Å²) in [4.78, 5) is 23.8. The number of aryl methyl sites for hydroxylation is 1. The second-order valence-electron chi connectivity index (χ2n) is 5.95. The van der Waals surface area contributed by atoms with Gasteiger partial charge in [-0.2, -0.15) is 0 Å². The Labute approximate surface area is 130 Å². The highest BCUT2D eigenvalue weighted by Gasteiger charge is 2.36. The van der Waals surface area contributed by atoms with Gasteiger partial charge in [0.25, 0.3) is 5.56 Å². The van der Waals surface area contributed by atoms with Crippen LogP contribution in [0, 0.1) is 5.41 Å². The van der Waals surface area contributed by atoms with Gasteiger partial charge in [-0.15, -0.1) is 0 Å². The average Bonchev–Trinajstić information content (AvgIpc) is 2.46. The number of ether oxygens (including phenoxy) is 1. The molecule has 22 heavy (non-hydrogen) atoms. The Hall–Kier alpha value is -1.82. The van der Waals surface area contributed by atoms with Gasteiger partial charge >= 0.3 is 6.03 Å². The predicted octanol–water partition coefficient (Wildman–Crippen LogP) is 2.10. The van der Waals surface area contributed by atoms with E-state index in [9.17, 15) is 9.59 Å². The molecule has 2 N–H and O–H groups in total. The summed E-state index contributed by atoms with van der Waals surface area (Å²) in [6.07, 6.45) is 6.06. The van der Waals surface area contributed by atoms with Gasteiger partial charge in [0.15, 0.2) is 0 Å². The maximum Gasteiger partial charge on any atom is 0.319 e. The topological polar surface area (TPSA) is 72.4 Å². The van der Waals surface area contributed by atoms with Crippen molar-refractivity contribution in [1.82, 2.24) is 9.88 Å². The first-order valence-electron chi connectivity index (χ1n) is 7.84. The number of amides is 2. The van der Waals surface area contributed by atoms with E-state index in [1.54, 1.807) is 25.4 Å². The zero-order chi connectivity index (χ0) is 16.0. The van der Waals surface area contributed by atoms with Gasteiger partial charge in [0, 0.05) is 33.0 Å². The second-order valence-corrected chi connectivity index (χ2v) is 5.95. The largest absolute Gasteiger partial charge is 0.382 e. The Kier molecular flexibility index (Phi) is 5.60. The molecule has 1 saturated carbocycles. The Morgan fingerprint density at radius 3 is 2.86 bits per heavy atom. The van der Waals surface area contributed by atoms with E-state index in [0.717, 1.165) is 32.5 Å². The molecule has 0 unspecified atom stereocenters. The molecule has 6 nitrogen and oxygen atoms in total. The van der Waals surface area contributed by atoms with Crippen molar-refractivity contribution in [3.63, 3.8) is 0 Å². The third-order valence-electron chi connectivity index (χ3n) is 4.39. The third-order valence-corrected chi connectivity index (χ3v) is 4.39. The van der Waals surface area contributed by atoms with Gasteiger partial charge in [-0.25, -0.2) is 4.79 Å². The summed E-state index contributed by atoms with van der Waals surface area (Å²) in [6.45, 7) is 4.07. The molecule has 0 saturated heterocycles. The number of hydrogen-bond donors (Lipinski definition) is 2. The van der Waals surface area contributed by atoms with Gasteiger partial charge in [0.1, 0.15) is 5.69 Å². The van der Waals surface area contributed by atoms with Crippen molar-refractivity contribution in [3.05, 3.63) is 28.7 Å². The Morgan fingerprint density at radius 1 is 1.45 bits per heavy atom. The number of nitrogens with one attached hydrogen (secondary N) is 2. The van der Waals surface area contributed by atoms with Crippen molar-refractivity contribution in [1.29, 1.82) is 0 Å². The van der Waals surface area contributed by atoms with E-state index in [4.69, 9.17) is 4.74 Å². The quantitative estimate of drug-likeness (QED) is 0.758. The SMILES string of the molecule is CCOCCC1(CNC(=O)Nc2cccn(C)c2=O)CCC1. The number of aromatic nitrogens is 1. The highest BCUT2D eigenvalue weighted by Crippen LogP contribution is 2.43. The van der Waals surface area contributed by atoms with Crippen LogP contribution in [0.4, 0.5) is 10.5 Å². The number of anilines is 1. The Morgan fingerprint density at radius 2 is 2.23 bits per heavy atom. The molecule has 0 bridgehead atoms. The van der Waals surface area contributed by atoms with Gasteiger partial charge in [0.05, 0.1) is 0 Å². The van der Waals surface area contributed by atoms with E-state index in [1.165, 1.54) is 11.0 Å². The number of hydrogen-bond acceptors (Lipinski definition) is 3. The molecule has 0 aliphatic heterocycles. The summed E-state index contributed by atoms with van der Waals surface area (Å²) in [5.74, 6) is 0. The normalized spacial score (nSPS) is 15.9. The van der Waals surface area contributed by atoms with Crippen LogP contribution in [0.15, 0.2) is 23.1 Å². The van der Waals surface area contributed by atoms with E-state index in [0.29, 0.717) is 12.2 Å². The molecule has 1 fully saturated rings. The minimum absolute atomic E-state index is 0.161. The van der Waals surface area contributed by atoms with E-state index < -0.39 is 0 Å². The molecule has 0 spiro atoms. The van der Waals surface area contributed by atoms with E-state index in [-0.39, 0.29) is 17.0 Å². The lowest BCUT2D eigenvalue weighted by Crippen LogP contribution is -2.44. The predicted molar refractivity (Wildman–Crippen MR) is 86.1 cm³/mol. The molecule has 1 aliphatic rings. The summed E-state index contributed by atoms with van der Waals surface area (Å²) < 4.78 is 6.86. The highest BCUT2D eigenvalue weighted by molar-refractivity contribution is 5.88. The first kappa shape index (κ1) is 16.5. The van der Waals surface area contributed by atoms with Crippen LogP contribution in [-0.2, 0) is 11.8 Å². The smallest absolute Gasteiger partial charge is 0.319 e. The van der Waals surface area contributed by atoms with Gasteiger partial charge in [-0.3, -0.25) is 4.79 Å². The van der Waals surface area contributed by atoms with Crippen molar-refractivity contribution in [2.24, 2.45) is 12.5 Å². The maximum atomic E-state index is 12.0. The van der Waals surface area contributed by atoms with Crippen LogP contribution in [0.5, 0.6) is 0 Å². The van der Waals surface area contributed by atoms with Crippen LogP contribution in [0.25, 0.3) is 0 Å². The Balaban J connectivity index is 1.84.